The lowest BCUT2D eigenvalue weighted by molar-refractivity contribution is -0.133. The Balaban J connectivity index is 2.65. The molecule has 0 fully saturated rings. The van der Waals surface area contributed by atoms with E-state index in [0.717, 1.165) is 0 Å². The van der Waals surface area contributed by atoms with Gasteiger partial charge in [-0.05, 0) is 18.6 Å². The molecule has 1 amide bonds. The van der Waals surface area contributed by atoms with E-state index in [4.69, 9.17) is 5.11 Å². The van der Waals surface area contributed by atoms with E-state index in [2.05, 4.69) is 10.0 Å². The molecule has 0 unspecified atom stereocenters. The Kier molecular flexibility index (Phi) is 7.90. The van der Waals surface area contributed by atoms with Crippen molar-refractivity contribution in [2.75, 3.05) is 28.5 Å². The topological polar surface area (TPSA) is 113 Å². The number of amides is 1. The van der Waals surface area contributed by atoms with Crippen LogP contribution in [-0.4, -0.2) is 49.2 Å². The first-order valence-electron chi connectivity index (χ1n) is 7.03. The second-order valence-corrected chi connectivity index (χ2v) is 7.62. The van der Waals surface area contributed by atoms with E-state index in [9.17, 15) is 18.0 Å². The van der Waals surface area contributed by atoms with E-state index in [1.165, 1.54) is 23.9 Å². The number of nitrogens with one attached hydrogen (secondary N) is 2. The number of carbonyl (C=O) groups is 2. The lowest BCUT2D eigenvalue weighted by Gasteiger charge is -2.12. The number of carboxylic acid groups (broad SMARTS) is 1. The summed E-state index contributed by atoms with van der Waals surface area (Å²) in [7, 11) is -3.48. The number of anilines is 1. The van der Waals surface area contributed by atoms with Crippen molar-refractivity contribution in [3.05, 3.63) is 29.8 Å². The molecule has 0 spiro atoms. The van der Waals surface area contributed by atoms with Crippen LogP contribution in [0.2, 0.25) is 0 Å². The summed E-state index contributed by atoms with van der Waals surface area (Å²) in [6.45, 7) is 2.06. The zero-order chi connectivity index (χ0) is 17.3. The highest BCUT2D eigenvalue weighted by Crippen LogP contribution is 2.17. The van der Waals surface area contributed by atoms with E-state index >= 15 is 0 Å². The summed E-state index contributed by atoms with van der Waals surface area (Å²) in [4.78, 5) is 22.5. The van der Waals surface area contributed by atoms with Crippen molar-refractivity contribution in [1.82, 2.24) is 5.32 Å². The van der Waals surface area contributed by atoms with Gasteiger partial charge < -0.3 is 10.4 Å². The second kappa shape index (κ2) is 9.41. The van der Waals surface area contributed by atoms with Crippen molar-refractivity contribution in [3.63, 3.8) is 0 Å². The SMILES string of the molecule is CCCS(=O)(=O)Nc1ccccc1C(=O)NCCSCC(=O)O. The first kappa shape index (κ1) is 19.3. The fourth-order valence-corrected chi connectivity index (χ4v) is 3.47. The van der Waals surface area contributed by atoms with Crippen LogP contribution in [0.3, 0.4) is 0 Å². The summed E-state index contributed by atoms with van der Waals surface area (Å²) < 4.78 is 26.1. The predicted octanol–water partition coefficient (Wildman–Crippen LogP) is 1.39. The number of sulfonamides is 1. The van der Waals surface area contributed by atoms with Gasteiger partial charge in [0.2, 0.25) is 10.0 Å². The summed E-state index contributed by atoms with van der Waals surface area (Å²) >= 11 is 1.19. The molecular weight excluding hydrogens is 340 g/mol. The van der Waals surface area contributed by atoms with Gasteiger partial charge >= 0.3 is 5.97 Å². The Morgan fingerprint density at radius 1 is 1.26 bits per heavy atom. The zero-order valence-corrected chi connectivity index (χ0v) is 14.4. The maximum Gasteiger partial charge on any atom is 0.313 e. The smallest absolute Gasteiger partial charge is 0.313 e. The molecule has 0 saturated carbocycles. The minimum atomic E-state index is -3.48. The number of carbonyl (C=O) groups excluding carboxylic acids is 1. The highest BCUT2D eigenvalue weighted by molar-refractivity contribution is 7.99. The van der Waals surface area contributed by atoms with Crippen molar-refractivity contribution in [1.29, 1.82) is 0 Å². The number of rotatable bonds is 10. The number of hydrogen-bond acceptors (Lipinski definition) is 5. The maximum atomic E-state index is 12.1. The third-order valence-corrected chi connectivity index (χ3v) is 5.09. The zero-order valence-electron chi connectivity index (χ0n) is 12.7. The van der Waals surface area contributed by atoms with Crippen LogP contribution in [0.15, 0.2) is 24.3 Å². The molecule has 0 aliphatic rings. The van der Waals surface area contributed by atoms with E-state index in [0.29, 0.717) is 18.7 Å². The number of hydrogen-bond donors (Lipinski definition) is 3. The van der Waals surface area contributed by atoms with Crippen LogP contribution in [0.5, 0.6) is 0 Å². The Labute approximate surface area is 139 Å². The summed E-state index contributed by atoms with van der Waals surface area (Å²) in [5.41, 5.74) is 0.465. The largest absolute Gasteiger partial charge is 0.481 e. The molecule has 0 aliphatic carbocycles. The Bertz CT molecular complexity index is 646. The van der Waals surface area contributed by atoms with Gasteiger partial charge in [-0.3, -0.25) is 14.3 Å². The van der Waals surface area contributed by atoms with E-state index in [1.54, 1.807) is 19.1 Å². The molecule has 0 aliphatic heterocycles. The van der Waals surface area contributed by atoms with Crippen molar-refractivity contribution < 1.29 is 23.1 Å². The Morgan fingerprint density at radius 2 is 1.96 bits per heavy atom. The molecule has 0 saturated heterocycles. The molecule has 0 radical (unpaired) electrons. The molecule has 1 rings (SSSR count). The van der Waals surface area contributed by atoms with Gasteiger partial charge in [0.25, 0.3) is 5.91 Å². The van der Waals surface area contributed by atoms with Crippen LogP contribution in [-0.2, 0) is 14.8 Å². The van der Waals surface area contributed by atoms with E-state index in [-0.39, 0.29) is 22.8 Å². The molecular formula is C14H20N2O5S2. The normalized spacial score (nSPS) is 11.0. The fraction of sp³-hybridized carbons (Fsp3) is 0.429. The lowest BCUT2D eigenvalue weighted by atomic mass is 10.2. The number of benzene rings is 1. The van der Waals surface area contributed by atoms with Crippen molar-refractivity contribution >= 4 is 39.3 Å². The molecule has 128 valence electrons. The van der Waals surface area contributed by atoms with Crippen LogP contribution in [0.1, 0.15) is 23.7 Å². The van der Waals surface area contributed by atoms with Crippen LogP contribution >= 0.6 is 11.8 Å². The molecule has 0 atom stereocenters. The van der Waals surface area contributed by atoms with Crippen LogP contribution < -0.4 is 10.0 Å². The lowest BCUT2D eigenvalue weighted by Crippen LogP contribution is -2.27. The average Bonchev–Trinajstić information content (AvgIpc) is 2.46. The second-order valence-electron chi connectivity index (χ2n) is 4.67. The first-order chi connectivity index (χ1) is 10.9. The summed E-state index contributed by atoms with van der Waals surface area (Å²) in [5, 5.41) is 11.2. The van der Waals surface area contributed by atoms with Gasteiger partial charge in [-0.15, -0.1) is 11.8 Å². The van der Waals surface area contributed by atoms with Crippen LogP contribution in [0.25, 0.3) is 0 Å². The summed E-state index contributed by atoms with van der Waals surface area (Å²) in [6, 6.07) is 6.35. The molecule has 0 aromatic heterocycles. The first-order valence-corrected chi connectivity index (χ1v) is 9.83. The van der Waals surface area contributed by atoms with Crippen molar-refractivity contribution in [2.45, 2.75) is 13.3 Å². The van der Waals surface area contributed by atoms with Crippen molar-refractivity contribution in [3.8, 4) is 0 Å². The number of para-hydroxylation sites is 1. The van der Waals surface area contributed by atoms with Gasteiger partial charge in [0.15, 0.2) is 0 Å². The molecule has 1 aromatic carbocycles. The molecule has 0 bridgehead atoms. The molecule has 1 aromatic rings. The number of carboxylic acids is 1. The summed E-state index contributed by atoms with van der Waals surface area (Å²) in [5.74, 6) is -0.896. The molecule has 23 heavy (non-hydrogen) atoms. The van der Waals surface area contributed by atoms with Crippen LogP contribution in [0.4, 0.5) is 5.69 Å². The standard InChI is InChI=1S/C14H20N2O5S2/c1-2-9-23(20,21)16-12-6-4-3-5-11(12)14(19)15-7-8-22-10-13(17)18/h3-6,16H,2,7-10H2,1H3,(H,15,19)(H,17,18). The highest BCUT2D eigenvalue weighted by atomic mass is 32.2. The van der Waals surface area contributed by atoms with Gasteiger partial charge in [-0.2, -0.15) is 0 Å². The Hall–Kier alpha value is -1.74. The quantitative estimate of drug-likeness (QED) is 0.544. The summed E-state index contributed by atoms with van der Waals surface area (Å²) in [6.07, 6.45) is 0.477. The monoisotopic (exact) mass is 360 g/mol. The minimum absolute atomic E-state index is 0.0191. The maximum absolute atomic E-state index is 12.1. The van der Waals surface area contributed by atoms with E-state index in [1.807, 2.05) is 0 Å². The molecule has 7 nitrogen and oxygen atoms in total. The van der Waals surface area contributed by atoms with E-state index < -0.39 is 21.9 Å². The van der Waals surface area contributed by atoms with Gasteiger partial charge in [0.05, 0.1) is 22.8 Å². The molecule has 0 heterocycles. The van der Waals surface area contributed by atoms with Gasteiger partial charge in [0.1, 0.15) is 0 Å². The highest BCUT2D eigenvalue weighted by Gasteiger charge is 2.15. The predicted molar refractivity (Wildman–Crippen MR) is 91.4 cm³/mol. The average molecular weight is 360 g/mol. The van der Waals surface area contributed by atoms with Gasteiger partial charge in [0, 0.05) is 12.3 Å². The third-order valence-electron chi connectivity index (χ3n) is 2.67. The Morgan fingerprint density at radius 3 is 2.61 bits per heavy atom. The minimum Gasteiger partial charge on any atom is -0.481 e. The van der Waals surface area contributed by atoms with Crippen LogP contribution in [0, 0.1) is 0 Å². The number of aliphatic carboxylic acids is 1. The third kappa shape index (κ3) is 7.38. The molecule has 3 N–H and O–H groups in total. The fourth-order valence-electron chi connectivity index (χ4n) is 1.75. The van der Waals surface area contributed by atoms with Crippen molar-refractivity contribution in [2.24, 2.45) is 0 Å². The van der Waals surface area contributed by atoms with Gasteiger partial charge in [-0.25, -0.2) is 8.42 Å². The number of thioether (sulfide) groups is 1. The molecule has 9 heteroatoms. The van der Waals surface area contributed by atoms with Gasteiger partial charge in [-0.1, -0.05) is 19.1 Å².